The zero-order valence-corrected chi connectivity index (χ0v) is 13.2. The van der Waals surface area contributed by atoms with Crippen LogP contribution >= 0.6 is 11.8 Å². The minimum absolute atomic E-state index is 0.669. The minimum Gasteiger partial charge on any atom is -0.245 e. The topological polar surface area (TPSA) is 36.7 Å². The van der Waals surface area contributed by atoms with Crippen LogP contribution in [0.1, 0.15) is 29.3 Å². The zero-order valence-electron chi connectivity index (χ0n) is 12.3. The number of nitriles is 1. The van der Waals surface area contributed by atoms with Crippen LogP contribution in [-0.4, -0.2) is 10.7 Å². The second-order valence-corrected chi connectivity index (χ2v) is 5.70. The monoisotopic (exact) mass is 294 g/mol. The van der Waals surface area contributed by atoms with Crippen molar-refractivity contribution in [3.05, 3.63) is 64.9 Å². The van der Waals surface area contributed by atoms with Crippen LogP contribution in [-0.2, 0) is 6.42 Å². The van der Waals surface area contributed by atoms with Gasteiger partial charge in [-0.05, 0) is 30.5 Å². The largest absolute Gasteiger partial charge is 0.245 e. The summed E-state index contributed by atoms with van der Waals surface area (Å²) >= 11 is 1.61. The lowest BCUT2D eigenvalue weighted by Crippen LogP contribution is -1.97. The molecule has 1 aromatic carbocycles. The van der Waals surface area contributed by atoms with E-state index in [1.807, 2.05) is 31.2 Å². The first-order valence-corrected chi connectivity index (χ1v) is 7.98. The fraction of sp³-hybridized carbons (Fsp3) is 0.222. The highest BCUT2D eigenvalue weighted by Crippen LogP contribution is 2.23. The molecule has 2 aromatic rings. The molecule has 2 nitrogen and oxygen atoms in total. The number of thioether (sulfide) groups is 1. The van der Waals surface area contributed by atoms with Crippen molar-refractivity contribution in [2.24, 2.45) is 0 Å². The Hall–Kier alpha value is -2.05. The van der Waals surface area contributed by atoms with Crippen LogP contribution in [0.5, 0.6) is 0 Å². The summed E-state index contributed by atoms with van der Waals surface area (Å²) in [5, 5.41) is 10.1. The van der Waals surface area contributed by atoms with Gasteiger partial charge in [0.2, 0.25) is 0 Å². The highest BCUT2D eigenvalue weighted by Gasteiger charge is 2.08. The van der Waals surface area contributed by atoms with Gasteiger partial charge in [-0.25, -0.2) is 4.98 Å². The molecule has 2 rings (SSSR count). The third-order valence-electron chi connectivity index (χ3n) is 3.16. The van der Waals surface area contributed by atoms with Crippen molar-refractivity contribution in [1.82, 2.24) is 4.98 Å². The standard InChI is InChI=1S/C18H18N2S/c1-3-17-14(2)12-16(13-19)18(20-17)21-11-7-10-15-8-5-4-6-9-15/h4-10,12H,3,11H2,1-2H3. The summed E-state index contributed by atoms with van der Waals surface area (Å²) in [5.74, 6) is 0.808. The smallest absolute Gasteiger partial charge is 0.114 e. The molecule has 21 heavy (non-hydrogen) atoms. The Bertz CT molecular complexity index is 670. The summed E-state index contributed by atoms with van der Waals surface area (Å²) in [7, 11) is 0. The molecule has 0 fully saturated rings. The minimum atomic E-state index is 0.669. The predicted octanol–water partition coefficient (Wildman–Crippen LogP) is 4.63. The van der Waals surface area contributed by atoms with E-state index in [-0.39, 0.29) is 0 Å². The fourth-order valence-corrected chi connectivity index (χ4v) is 2.84. The molecule has 0 saturated carbocycles. The highest BCUT2D eigenvalue weighted by molar-refractivity contribution is 7.99. The summed E-state index contributed by atoms with van der Waals surface area (Å²) in [6.45, 7) is 4.10. The van der Waals surface area contributed by atoms with Gasteiger partial charge in [0, 0.05) is 11.4 Å². The first kappa shape index (κ1) is 15.3. The molecule has 0 aliphatic carbocycles. The lowest BCUT2D eigenvalue weighted by atomic mass is 10.1. The number of rotatable bonds is 5. The fourth-order valence-electron chi connectivity index (χ4n) is 2.06. The van der Waals surface area contributed by atoms with E-state index >= 15 is 0 Å². The van der Waals surface area contributed by atoms with Crippen molar-refractivity contribution in [2.75, 3.05) is 5.75 Å². The number of hydrogen-bond donors (Lipinski definition) is 0. The first-order valence-electron chi connectivity index (χ1n) is 6.99. The van der Waals surface area contributed by atoms with Crippen LogP contribution in [0.4, 0.5) is 0 Å². The van der Waals surface area contributed by atoms with E-state index < -0.39 is 0 Å². The van der Waals surface area contributed by atoms with Crippen molar-refractivity contribution < 1.29 is 0 Å². The van der Waals surface area contributed by atoms with Gasteiger partial charge < -0.3 is 0 Å². The maximum atomic E-state index is 9.22. The van der Waals surface area contributed by atoms with Crippen molar-refractivity contribution in [2.45, 2.75) is 25.3 Å². The van der Waals surface area contributed by atoms with Crippen LogP contribution in [0.25, 0.3) is 6.08 Å². The van der Waals surface area contributed by atoms with Crippen LogP contribution < -0.4 is 0 Å². The summed E-state index contributed by atoms with van der Waals surface area (Å²) in [4.78, 5) is 4.61. The molecule has 0 saturated heterocycles. The molecule has 106 valence electrons. The molecule has 0 bridgehead atoms. The summed E-state index contributed by atoms with van der Waals surface area (Å²) in [6.07, 6.45) is 5.09. The number of nitrogens with zero attached hydrogens (tertiary/aromatic N) is 2. The van der Waals surface area contributed by atoms with Gasteiger partial charge in [-0.3, -0.25) is 0 Å². The van der Waals surface area contributed by atoms with Crippen molar-refractivity contribution >= 4 is 17.8 Å². The van der Waals surface area contributed by atoms with Crippen molar-refractivity contribution in [3.8, 4) is 6.07 Å². The van der Waals surface area contributed by atoms with E-state index in [1.54, 1.807) is 11.8 Å². The maximum Gasteiger partial charge on any atom is 0.114 e. The third-order valence-corrected chi connectivity index (χ3v) is 4.11. The molecule has 0 amide bonds. The molecule has 0 N–H and O–H groups in total. The van der Waals surface area contributed by atoms with Gasteiger partial charge in [-0.15, -0.1) is 11.8 Å². The molecule has 0 aliphatic rings. The van der Waals surface area contributed by atoms with Gasteiger partial charge >= 0.3 is 0 Å². The molecular formula is C18H18N2S. The van der Waals surface area contributed by atoms with Crippen LogP contribution in [0.15, 0.2) is 47.5 Å². The van der Waals surface area contributed by atoms with Crippen LogP contribution in [0.2, 0.25) is 0 Å². The average molecular weight is 294 g/mol. The summed E-state index contributed by atoms with van der Waals surface area (Å²) < 4.78 is 0. The Morgan fingerprint density at radius 3 is 2.71 bits per heavy atom. The summed E-state index contributed by atoms with van der Waals surface area (Å²) in [5.41, 5.74) is 4.02. The van der Waals surface area contributed by atoms with E-state index in [9.17, 15) is 5.26 Å². The van der Waals surface area contributed by atoms with Crippen molar-refractivity contribution in [3.63, 3.8) is 0 Å². The molecule has 1 heterocycles. The van der Waals surface area contributed by atoms with Gasteiger partial charge in [0.25, 0.3) is 0 Å². The molecular weight excluding hydrogens is 276 g/mol. The maximum absolute atomic E-state index is 9.22. The molecule has 1 aromatic heterocycles. The van der Waals surface area contributed by atoms with Gasteiger partial charge in [-0.1, -0.05) is 49.4 Å². The summed E-state index contributed by atoms with van der Waals surface area (Å²) in [6, 6.07) is 14.4. The lowest BCUT2D eigenvalue weighted by molar-refractivity contribution is 0.942. The average Bonchev–Trinajstić information content (AvgIpc) is 2.53. The molecule has 3 heteroatoms. The quantitative estimate of drug-likeness (QED) is 0.754. The zero-order chi connectivity index (χ0) is 15.1. The van der Waals surface area contributed by atoms with Gasteiger partial charge in [0.1, 0.15) is 11.1 Å². The van der Waals surface area contributed by atoms with Gasteiger partial charge in [-0.2, -0.15) is 5.26 Å². The highest BCUT2D eigenvalue weighted by atomic mass is 32.2. The van der Waals surface area contributed by atoms with E-state index in [4.69, 9.17) is 0 Å². The van der Waals surface area contributed by atoms with Crippen molar-refractivity contribution in [1.29, 1.82) is 5.26 Å². The number of aryl methyl sites for hydroxylation is 2. The molecule has 0 spiro atoms. The van der Waals surface area contributed by atoms with E-state index in [0.29, 0.717) is 5.56 Å². The lowest BCUT2D eigenvalue weighted by Gasteiger charge is -2.07. The predicted molar refractivity (Wildman–Crippen MR) is 89.3 cm³/mol. The Labute approximate surface area is 130 Å². The molecule has 0 aliphatic heterocycles. The number of aromatic nitrogens is 1. The first-order chi connectivity index (χ1) is 10.2. The molecule has 0 atom stereocenters. The Morgan fingerprint density at radius 2 is 2.05 bits per heavy atom. The van der Waals surface area contributed by atoms with E-state index in [2.05, 4.69) is 42.3 Å². The van der Waals surface area contributed by atoms with Crippen LogP contribution in [0.3, 0.4) is 0 Å². The second-order valence-electron chi connectivity index (χ2n) is 4.69. The normalized spacial score (nSPS) is 10.7. The second kappa shape index (κ2) is 7.66. The van der Waals surface area contributed by atoms with Gasteiger partial charge in [0.15, 0.2) is 0 Å². The third kappa shape index (κ3) is 4.21. The van der Waals surface area contributed by atoms with Gasteiger partial charge in [0.05, 0.1) is 5.56 Å². The Balaban J connectivity index is 2.06. The van der Waals surface area contributed by atoms with Crippen LogP contribution in [0, 0.1) is 18.3 Å². The SMILES string of the molecule is CCc1nc(SCC=Cc2ccccc2)c(C#N)cc1C. The number of hydrogen-bond acceptors (Lipinski definition) is 3. The molecule has 0 radical (unpaired) electrons. The van der Waals surface area contributed by atoms with E-state index in [1.165, 1.54) is 5.56 Å². The van der Waals surface area contributed by atoms with E-state index in [0.717, 1.165) is 28.5 Å². The molecule has 0 unspecified atom stereocenters. The number of pyridine rings is 1. The Kier molecular flexibility index (Phi) is 5.59. The Morgan fingerprint density at radius 1 is 1.29 bits per heavy atom. The number of benzene rings is 1.